The molecule has 22 heavy (non-hydrogen) atoms. The summed E-state index contributed by atoms with van der Waals surface area (Å²) in [5.74, 6) is -0.290. The van der Waals surface area contributed by atoms with E-state index in [1.165, 1.54) is 49.7 Å². The minimum absolute atomic E-state index is 0.0541. The molecule has 0 aliphatic heterocycles. The Labute approximate surface area is 127 Å². The molecule has 1 heterocycles. The van der Waals surface area contributed by atoms with Crippen LogP contribution in [-0.4, -0.2) is 31.5 Å². The number of carbonyl (C=O) groups excluding carboxylic acids is 1. The Morgan fingerprint density at radius 3 is 2.41 bits per heavy atom. The lowest BCUT2D eigenvalue weighted by Crippen LogP contribution is -2.30. The number of sulfonamides is 1. The molecule has 1 aromatic carbocycles. The van der Waals surface area contributed by atoms with E-state index in [1.807, 2.05) is 4.72 Å². The molecule has 1 amide bonds. The van der Waals surface area contributed by atoms with Crippen molar-refractivity contribution in [2.45, 2.75) is 11.5 Å². The third-order valence-electron chi connectivity index (χ3n) is 2.85. The number of ether oxygens (including phenoxy) is 1. The van der Waals surface area contributed by atoms with Crippen LogP contribution in [0.15, 0.2) is 47.5 Å². The number of hydrogen-bond acceptors (Lipinski definition) is 6. The predicted octanol–water partition coefficient (Wildman–Crippen LogP) is 0.701. The molecule has 0 radical (unpaired) electrons. The smallest absolute Gasteiger partial charge is 0.266 e. The summed E-state index contributed by atoms with van der Waals surface area (Å²) in [6.07, 6.45) is 1.20. The van der Waals surface area contributed by atoms with Crippen LogP contribution in [-0.2, 0) is 16.6 Å². The van der Waals surface area contributed by atoms with E-state index in [2.05, 4.69) is 4.98 Å². The van der Waals surface area contributed by atoms with Crippen LogP contribution in [0.2, 0.25) is 0 Å². The van der Waals surface area contributed by atoms with E-state index in [0.29, 0.717) is 11.4 Å². The van der Waals surface area contributed by atoms with Gasteiger partial charge in [-0.1, -0.05) is 0 Å². The lowest BCUT2D eigenvalue weighted by atomic mass is 10.2. The Kier molecular flexibility index (Phi) is 4.74. The van der Waals surface area contributed by atoms with Crippen LogP contribution in [0.5, 0.6) is 5.75 Å². The van der Waals surface area contributed by atoms with Crippen LogP contribution in [0.3, 0.4) is 0 Å². The minimum atomic E-state index is -3.98. The number of hydrogen-bond donors (Lipinski definition) is 2. The number of carbonyl (C=O) groups is 1. The third kappa shape index (κ3) is 3.60. The SMILES string of the molecule is COc1ccc(S(=O)(=O)NC(=O)c2ccc(CO)nc2)cc1. The Bertz CT molecular complexity index is 755. The number of nitrogens with one attached hydrogen (secondary N) is 1. The summed E-state index contributed by atoms with van der Waals surface area (Å²) in [5, 5.41) is 8.88. The Hall–Kier alpha value is -2.45. The van der Waals surface area contributed by atoms with Gasteiger partial charge in [0.05, 0.1) is 29.9 Å². The van der Waals surface area contributed by atoms with Crippen molar-refractivity contribution < 1.29 is 23.1 Å². The highest BCUT2D eigenvalue weighted by molar-refractivity contribution is 7.90. The molecule has 0 unspecified atom stereocenters. The molecule has 2 N–H and O–H groups in total. The van der Waals surface area contributed by atoms with Gasteiger partial charge in [0.25, 0.3) is 15.9 Å². The predicted molar refractivity (Wildman–Crippen MR) is 77.8 cm³/mol. The van der Waals surface area contributed by atoms with Crippen molar-refractivity contribution >= 4 is 15.9 Å². The molecule has 0 aliphatic carbocycles. The lowest BCUT2D eigenvalue weighted by molar-refractivity contribution is 0.0981. The van der Waals surface area contributed by atoms with Crippen LogP contribution < -0.4 is 9.46 Å². The average molecular weight is 322 g/mol. The zero-order valence-corrected chi connectivity index (χ0v) is 12.5. The Balaban J connectivity index is 2.17. The largest absolute Gasteiger partial charge is 0.497 e. The number of aliphatic hydroxyl groups excluding tert-OH is 1. The van der Waals surface area contributed by atoms with Gasteiger partial charge in [0.2, 0.25) is 0 Å². The third-order valence-corrected chi connectivity index (χ3v) is 4.19. The zero-order valence-electron chi connectivity index (χ0n) is 11.7. The molecule has 0 spiro atoms. The monoisotopic (exact) mass is 322 g/mol. The molecule has 7 nitrogen and oxygen atoms in total. The molecule has 1 aromatic heterocycles. The van der Waals surface area contributed by atoms with Crippen LogP contribution >= 0.6 is 0 Å². The van der Waals surface area contributed by atoms with Crippen LogP contribution in [0, 0.1) is 0 Å². The van der Waals surface area contributed by atoms with E-state index in [-0.39, 0.29) is 17.1 Å². The van der Waals surface area contributed by atoms with Crippen LogP contribution in [0.25, 0.3) is 0 Å². The molecule has 0 saturated carbocycles. The fourth-order valence-corrected chi connectivity index (χ4v) is 2.62. The maximum Gasteiger partial charge on any atom is 0.266 e. The highest BCUT2D eigenvalue weighted by Gasteiger charge is 2.19. The highest BCUT2D eigenvalue weighted by atomic mass is 32.2. The van der Waals surface area contributed by atoms with Crippen LogP contribution in [0.1, 0.15) is 16.1 Å². The van der Waals surface area contributed by atoms with Gasteiger partial charge >= 0.3 is 0 Å². The summed E-state index contributed by atoms with van der Waals surface area (Å²) in [7, 11) is -2.51. The van der Waals surface area contributed by atoms with Crippen molar-refractivity contribution in [1.29, 1.82) is 0 Å². The van der Waals surface area contributed by atoms with Gasteiger partial charge in [-0.05, 0) is 36.4 Å². The number of aliphatic hydroxyl groups is 1. The Morgan fingerprint density at radius 1 is 1.23 bits per heavy atom. The van der Waals surface area contributed by atoms with E-state index in [9.17, 15) is 13.2 Å². The van der Waals surface area contributed by atoms with Crippen molar-refractivity contribution in [1.82, 2.24) is 9.71 Å². The van der Waals surface area contributed by atoms with Crippen molar-refractivity contribution in [2.24, 2.45) is 0 Å². The molecular weight excluding hydrogens is 308 g/mol. The number of rotatable bonds is 5. The summed E-state index contributed by atoms with van der Waals surface area (Å²) >= 11 is 0. The van der Waals surface area contributed by atoms with E-state index in [0.717, 1.165) is 0 Å². The molecule has 2 rings (SSSR count). The fraction of sp³-hybridized carbons (Fsp3) is 0.143. The van der Waals surface area contributed by atoms with Crippen molar-refractivity contribution in [3.05, 3.63) is 53.9 Å². The highest BCUT2D eigenvalue weighted by Crippen LogP contribution is 2.15. The summed E-state index contributed by atoms with van der Waals surface area (Å²) < 4.78 is 31.1. The van der Waals surface area contributed by atoms with Gasteiger partial charge < -0.3 is 9.84 Å². The number of nitrogens with zero attached hydrogens (tertiary/aromatic N) is 1. The molecule has 8 heteroatoms. The van der Waals surface area contributed by atoms with E-state index in [1.54, 1.807) is 0 Å². The first-order valence-corrected chi connectivity index (χ1v) is 7.71. The van der Waals surface area contributed by atoms with Gasteiger partial charge in [-0.25, -0.2) is 13.1 Å². The van der Waals surface area contributed by atoms with E-state index >= 15 is 0 Å². The first-order chi connectivity index (χ1) is 10.5. The zero-order chi connectivity index (χ0) is 16.2. The van der Waals surface area contributed by atoms with Gasteiger partial charge in [0.1, 0.15) is 5.75 Å². The van der Waals surface area contributed by atoms with Gasteiger partial charge in [0.15, 0.2) is 0 Å². The molecular formula is C14H14N2O5S. The van der Waals surface area contributed by atoms with Gasteiger partial charge in [-0.3, -0.25) is 9.78 Å². The second-order valence-electron chi connectivity index (χ2n) is 4.31. The maximum absolute atomic E-state index is 12.1. The van der Waals surface area contributed by atoms with Gasteiger partial charge in [-0.15, -0.1) is 0 Å². The molecule has 0 aliphatic rings. The maximum atomic E-state index is 12.1. The summed E-state index contributed by atoms with van der Waals surface area (Å²) in [4.78, 5) is 15.7. The molecule has 2 aromatic rings. The standard InChI is InChI=1S/C14H14N2O5S/c1-21-12-4-6-13(7-5-12)22(19,20)16-14(18)10-2-3-11(9-17)15-8-10/h2-8,17H,9H2,1H3,(H,16,18). The summed E-state index contributed by atoms with van der Waals surface area (Å²) in [6.45, 7) is -0.258. The minimum Gasteiger partial charge on any atom is -0.497 e. The number of benzene rings is 1. The summed E-state index contributed by atoms with van der Waals surface area (Å²) in [6, 6.07) is 8.46. The van der Waals surface area contributed by atoms with Gasteiger partial charge in [-0.2, -0.15) is 0 Å². The second-order valence-corrected chi connectivity index (χ2v) is 5.99. The normalized spacial score (nSPS) is 11.0. The first-order valence-electron chi connectivity index (χ1n) is 6.23. The van der Waals surface area contributed by atoms with Gasteiger partial charge in [0, 0.05) is 6.20 Å². The van der Waals surface area contributed by atoms with Crippen LogP contribution in [0.4, 0.5) is 0 Å². The first kappa shape index (κ1) is 15.9. The molecule has 0 fully saturated rings. The molecule has 0 saturated heterocycles. The summed E-state index contributed by atoms with van der Waals surface area (Å²) in [5.41, 5.74) is 0.462. The molecule has 0 atom stereocenters. The van der Waals surface area contributed by atoms with Crippen molar-refractivity contribution in [3.63, 3.8) is 0 Å². The van der Waals surface area contributed by atoms with Crippen molar-refractivity contribution in [2.75, 3.05) is 7.11 Å². The Morgan fingerprint density at radius 2 is 1.91 bits per heavy atom. The number of aromatic nitrogens is 1. The van der Waals surface area contributed by atoms with Crippen molar-refractivity contribution in [3.8, 4) is 5.75 Å². The topological polar surface area (TPSA) is 106 Å². The quantitative estimate of drug-likeness (QED) is 0.839. The lowest BCUT2D eigenvalue weighted by Gasteiger charge is -2.08. The number of pyridine rings is 1. The number of methoxy groups -OCH3 is 1. The van der Waals surface area contributed by atoms with E-state index < -0.39 is 15.9 Å². The fourth-order valence-electron chi connectivity index (χ4n) is 1.65. The molecule has 116 valence electrons. The molecule has 0 bridgehead atoms. The average Bonchev–Trinajstić information content (AvgIpc) is 2.54. The second kappa shape index (κ2) is 6.54. The number of amides is 1. The van der Waals surface area contributed by atoms with E-state index in [4.69, 9.17) is 9.84 Å².